The number of rotatable bonds is 7. The van der Waals surface area contributed by atoms with Crippen LogP contribution in [0.5, 0.6) is 0 Å². The minimum atomic E-state index is -0.758. The van der Waals surface area contributed by atoms with Crippen molar-refractivity contribution in [2.75, 3.05) is 13.2 Å². The first-order chi connectivity index (χ1) is 10.7. The number of hydrogen-bond acceptors (Lipinski definition) is 4. The molecule has 2 rings (SSSR count). The van der Waals surface area contributed by atoms with E-state index in [1.165, 1.54) is 6.20 Å². The molecule has 1 aromatic carbocycles. The number of hydrogen-bond donors (Lipinski definition) is 2. The molecule has 1 aromatic heterocycles. The maximum absolute atomic E-state index is 11.8. The highest BCUT2D eigenvalue weighted by atomic mass is 16.5. The fourth-order valence-electron chi connectivity index (χ4n) is 1.94. The molecule has 0 saturated carbocycles. The largest absolute Gasteiger partial charge is 0.389 e. The van der Waals surface area contributed by atoms with E-state index in [0.29, 0.717) is 5.56 Å². The van der Waals surface area contributed by atoms with E-state index in [1.807, 2.05) is 37.3 Å². The van der Waals surface area contributed by atoms with Gasteiger partial charge < -0.3 is 15.2 Å². The first-order valence-electron chi connectivity index (χ1n) is 7.19. The Labute approximate surface area is 130 Å². The molecule has 0 bridgehead atoms. The van der Waals surface area contributed by atoms with Gasteiger partial charge in [0.05, 0.1) is 24.4 Å². The zero-order chi connectivity index (χ0) is 15.8. The first-order valence-corrected chi connectivity index (χ1v) is 7.19. The van der Waals surface area contributed by atoms with E-state index in [9.17, 15) is 9.90 Å². The summed E-state index contributed by atoms with van der Waals surface area (Å²) in [7, 11) is 0. The van der Waals surface area contributed by atoms with Crippen molar-refractivity contribution in [3.8, 4) is 0 Å². The molecule has 1 amide bonds. The Bertz CT molecular complexity index is 575. The van der Waals surface area contributed by atoms with E-state index < -0.39 is 6.10 Å². The van der Waals surface area contributed by atoms with Crippen LogP contribution in [0.3, 0.4) is 0 Å². The molecule has 0 saturated heterocycles. The van der Waals surface area contributed by atoms with Gasteiger partial charge in [-0.3, -0.25) is 9.78 Å². The Morgan fingerprint density at radius 3 is 2.73 bits per heavy atom. The Morgan fingerprint density at radius 2 is 2.05 bits per heavy atom. The minimum absolute atomic E-state index is 0.107. The van der Waals surface area contributed by atoms with E-state index >= 15 is 0 Å². The molecule has 0 radical (unpaired) electrons. The number of carbonyl (C=O) groups is 1. The summed E-state index contributed by atoms with van der Waals surface area (Å²) >= 11 is 0. The van der Waals surface area contributed by atoms with Crippen molar-refractivity contribution in [3.63, 3.8) is 0 Å². The van der Waals surface area contributed by atoms with Crippen molar-refractivity contribution in [3.05, 3.63) is 66.0 Å². The second kappa shape index (κ2) is 8.26. The predicted octanol–water partition coefficient (Wildman–Crippen LogP) is 1.95. The molecule has 0 spiro atoms. The fraction of sp³-hybridized carbons (Fsp3) is 0.294. The monoisotopic (exact) mass is 300 g/mol. The standard InChI is InChI=1S/C17H20N2O3/c1-13(14-6-3-2-4-7-14)22-12-16(20)11-19-17(21)15-8-5-9-18-10-15/h2-10,13,16,20H,11-12H2,1H3,(H,19,21)/t13-,16+/m1/s1. The summed E-state index contributed by atoms with van der Waals surface area (Å²) in [4.78, 5) is 15.7. The molecule has 22 heavy (non-hydrogen) atoms. The molecular formula is C17H20N2O3. The Balaban J connectivity index is 1.72. The number of pyridine rings is 1. The van der Waals surface area contributed by atoms with E-state index in [4.69, 9.17) is 4.74 Å². The highest BCUT2D eigenvalue weighted by Gasteiger charge is 2.12. The summed E-state index contributed by atoms with van der Waals surface area (Å²) in [6.45, 7) is 2.22. The fourth-order valence-corrected chi connectivity index (χ4v) is 1.94. The third-order valence-corrected chi connectivity index (χ3v) is 3.23. The van der Waals surface area contributed by atoms with Gasteiger partial charge in [0, 0.05) is 18.9 Å². The zero-order valence-corrected chi connectivity index (χ0v) is 12.5. The van der Waals surface area contributed by atoms with Crippen LogP contribution in [0, 0.1) is 0 Å². The van der Waals surface area contributed by atoms with Crippen molar-refractivity contribution in [1.29, 1.82) is 0 Å². The van der Waals surface area contributed by atoms with Gasteiger partial charge in [0.25, 0.3) is 5.91 Å². The molecule has 0 unspecified atom stereocenters. The summed E-state index contributed by atoms with van der Waals surface area (Å²) in [6, 6.07) is 13.1. The van der Waals surface area contributed by atoms with Crippen LogP contribution in [0.2, 0.25) is 0 Å². The van der Waals surface area contributed by atoms with E-state index in [2.05, 4.69) is 10.3 Å². The van der Waals surface area contributed by atoms with Gasteiger partial charge in [0.1, 0.15) is 0 Å². The first kappa shape index (κ1) is 16.1. The lowest BCUT2D eigenvalue weighted by molar-refractivity contribution is -0.00171. The van der Waals surface area contributed by atoms with Crippen LogP contribution in [0.15, 0.2) is 54.9 Å². The van der Waals surface area contributed by atoms with E-state index in [-0.39, 0.29) is 25.2 Å². The molecule has 5 nitrogen and oxygen atoms in total. The van der Waals surface area contributed by atoms with E-state index in [1.54, 1.807) is 18.3 Å². The smallest absolute Gasteiger partial charge is 0.252 e. The number of benzene rings is 1. The topological polar surface area (TPSA) is 71.5 Å². The van der Waals surface area contributed by atoms with Gasteiger partial charge in [-0.1, -0.05) is 30.3 Å². The third kappa shape index (κ3) is 4.95. The predicted molar refractivity (Wildman–Crippen MR) is 83.4 cm³/mol. The van der Waals surface area contributed by atoms with Crippen LogP contribution in [0.4, 0.5) is 0 Å². The number of amides is 1. The van der Waals surface area contributed by atoms with Gasteiger partial charge in [0.15, 0.2) is 0 Å². The number of carbonyl (C=O) groups excluding carboxylic acids is 1. The van der Waals surface area contributed by atoms with Crippen molar-refractivity contribution in [2.24, 2.45) is 0 Å². The highest BCUT2D eigenvalue weighted by molar-refractivity contribution is 5.93. The van der Waals surface area contributed by atoms with Crippen LogP contribution >= 0.6 is 0 Å². The Kier molecular flexibility index (Phi) is 6.06. The van der Waals surface area contributed by atoms with Gasteiger partial charge in [0.2, 0.25) is 0 Å². The average Bonchev–Trinajstić information content (AvgIpc) is 2.59. The highest BCUT2D eigenvalue weighted by Crippen LogP contribution is 2.15. The second-order valence-electron chi connectivity index (χ2n) is 4.99. The molecule has 0 fully saturated rings. The Hall–Kier alpha value is -2.24. The molecule has 2 N–H and O–H groups in total. The molecule has 2 aromatic rings. The maximum Gasteiger partial charge on any atom is 0.252 e. The minimum Gasteiger partial charge on any atom is -0.389 e. The number of ether oxygens (including phenoxy) is 1. The summed E-state index contributed by atoms with van der Waals surface area (Å²) in [5.74, 6) is -0.261. The Morgan fingerprint density at radius 1 is 1.27 bits per heavy atom. The van der Waals surface area contributed by atoms with Crippen LogP contribution in [-0.2, 0) is 4.74 Å². The van der Waals surface area contributed by atoms with Gasteiger partial charge in [-0.2, -0.15) is 0 Å². The summed E-state index contributed by atoms with van der Waals surface area (Å²) in [6.07, 6.45) is 2.22. The quantitative estimate of drug-likeness (QED) is 0.820. The molecule has 5 heteroatoms. The summed E-state index contributed by atoms with van der Waals surface area (Å²) in [5.41, 5.74) is 1.52. The molecule has 1 heterocycles. The lowest BCUT2D eigenvalue weighted by Crippen LogP contribution is -2.34. The van der Waals surface area contributed by atoms with Crippen molar-refractivity contribution in [1.82, 2.24) is 10.3 Å². The van der Waals surface area contributed by atoms with Crippen molar-refractivity contribution >= 4 is 5.91 Å². The molecule has 116 valence electrons. The van der Waals surface area contributed by atoms with Crippen LogP contribution in [-0.4, -0.2) is 35.3 Å². The van der Waals surface area contributed by atoms with Crippen molar-refractivity contribution in [2.45, 2.75) is 19.1 Å². The third-order valence-electron chi connectivity index (χ3n) is 3.23. The second-order valence-corrected chi connectivity index (χ2v) is 4.99. The van der Waals surface area contributed by atoms with Gasteiger partial charge >= 0.3 is 0 Å². The SMILES string of the molecule is C[C@@H](OC[C@@H](O)CNC(=O)c1cccnc1)c1ccccc1. The van der Waals surface area contributed by atoms with Crippen LogP contribution < -0.4 is 5.32 Å². The average molecular weight is 300 g/mol. The number of nitrogens with zero attached hydrogens (tertiary/aromatic N) is 1. The zero-order valence-electron chi connectivity index (χ0n) is 12.5. The van der Waals surface area contributed by atoms with Crippen molar-refractivity contribution < 1.29 is 14.6 Å². The summed E-state index contributed by atoms with van der Waals surface area (Å²) in [5, 5.41) is 12.5. The lowest BCUT2D eigenvalue weighted by Gasteiger charge is -2.17. The number of nitrogens with one attached hydrogen (secondary N) is 1. The molecule has 0 aliphatic heterocycles. The van der Waals surface area contributed by atoms with Gasteiger partial charge in [-0.25, -0.2) is 0 Å². The lowest BCUT2D eigenvalue weighted by atomic mass is 10.1. The van der Waals surface area contributed by atoms with Crippen LogP contribution in [0.1, 0.15) is 28.9 Å². The number of aliphatic hydroxyl groups is 1. The number of aliphatic hydroxyl groups excluding tert-OH is 1. The number of aromatic nitrogens is 1. The molecule has 2 atom stereocenters. The van der Waals surface area contributed by atoms with Crippen LogP contribution in [0.25, 0.3) is 0 Å². The maximum atomic E-state index is 11.8. The van der Waals surface area contributed by atoms with Gasteiger partial charge in [-0.05, 0) is 24.6 Å². The van der Waals surface area contributed by atoms with Gasteiger partial charge in [-0.15, -0.1) is 0 Å². The van der Waals surface area contributed by atoms with E-state index in [0.717, 1.165) is 5.56 Å². The summed E-state index contributed by atoms with van der Waals surface area (Å²) < 4.78 is 5.61. The molecule has 0 aliphatic rings. The normalized spacial score (nSPS) is 13.4. The molecular weight excluding hydrogens is 280 g/mol. The molecule has 0 aliphatic carbocycles.